The number of ether oxygens (including phenoxy) is 4. The normalized spacial score (nSPS) is 22.3. The van der Waals surface area contributed by atoms with Gasteiger partial charge in [-0.25, -0.2) is 19.2 Å². The molecular weight excluding hydrogens is 1120 g/mol. The maximum absolute atomic E-state index is 15.1. The van der Waals surface area contributed by atoms with E-state index in [1.807, 2.05) is 141 Å². The minimum absolute atomic E-state index is 0.0828. The van der Waals surface area contributed by atoms with Gasteiger partial charge in [-0.05, 0) is 137 Å². The second-order valence-electron chi connectivity index (χ2n) is 25.7. The van der Waals surface area contributed by atoms with Crippen LogP contribution in [0.15, 0.2) is 48.5 Å². The Kier molecular flexibility index (Phi) is 25.7. The highest BCUT2D eigenvalue weighted by Gasteiger charge is 2.43. The first-order valence-electron chi connectivity index (χ1n) is 31.4. The van der Waals surface area contributed by atoms with Crippen molar-refractivity contribution in [1.29, 1.82) is 0 Å². The van der Waals surface area contributed by atoms with Gasteiger partial charge in [0.15, 0.2) is 24.4 Å². The Labute approximate surface area is 522 Å². The highest BCUT2D eigenvalue weighted by molar-refractivity contribution is 5.94. The molecule has 0 spiro atoms. The molecule has 20 heteroatoms. The lowest BCUT2D eigenvalue weighted by atomic mass is 9.99. The number of cyclic esters (lactones) is 4. The molecular formula is C68H100N8O12. The number of hydrogen-bond acceptors (Lipinski definition) is 14. The largest absolute Gasteiger partial charge is 0.451 e. The first-order chi connectivity index (χ1) is 41.3. The lowest BCUT2D eigenvalue weighted by Gasteiger charge is -2.35. The molecule has 0 unspecified atom stereocenters. The monoisotopic (exact) mass is 1220 g/mol. The zero-order chi connectivity index (χ0) is 65.8. The Morgan fingerprint density at radius 2 is 0.648 bits per heavy atom. The molecule has 20 nitrogen and oxygen atoms in total. The maximum Gasteiger partial charge on any atom is 0.329 e. The van der Waals surface area contributed by atoms with E-state index in [0.717, 1.165) is 56.5 Å². The van der Waals surface area contributed by atoms with Crippen molar-refractivity contribution < 1.29 is 57.3 Å². The Morgan fingerprint density at radius 1 is 0.398 bits per heavy atom. The second kappa shape index (κ2) is 31.7. The summed E-state index contributed by atoms with van der Waals surface area (Å²) in [6, 6.07) is 9.83. The summed E-state index contributed by atoms with van der Waals surface area (Å²) in [5, 5.41) is 9.50. The highest BCUT2D eigenvalue weighted by atomic mass is 16.6. The fourth-order valence-electron chi connectivity index (χ4n) is 11.6. The zero-order valence-electron chi connectivity index (χ0n) is 56.1. The van der Waals surface area contributed by atoms with Crippen LogP contribution >= 0.6 is 0 Å². The number of nitrogens with zero attached hydrogens (tertiary/aromatic N) is 8. The molecule has 2 aromatic carbocycles. The third kappa shape index (κ3) is 18.4. The van der Waals surface area contributed by atoms with Crippen molar-refractivity contribution in [2.45, 2.75) is 224 Å². The minimum atomic E-state index is -1.54. The average Bonchev–Trinajstić information content (AvgIpc) is 2.76. The van der Waals surface area contributed by atoms with Crippen LogP contribution in [0.5, 0.6) is 0 Å². The van der Waals surface area contributed by atoms with Gasteiger partial charge in [-0.3, -0.25) is 28.5 Å². The predicted molar refractivity (Wildman–Crippen MR) is 336 cm³/mol. The van der Waals surface area contributed by atoms with Crippen molar-refractivity contribution in [3.8, 4) is 0 Å². The zero-order valence-corrected chi connectivity index (χ0v) is 56.1. The molecule has 1 fully saturated rings. The van der Waals surface area contributed by atoms with Crippen molar-refractivity contribution in [1.82, 2.24) is 39.2 Å². The van der Waals surface area contributed by atoms with Gasteiger partial charge in [-0.2, -0.15) is 10.2 Å². The van der Waals surface area contributed by atoms with Crippen LogP contribution in [0.3, 0.4) is 0 Å². The minimum Gasteiger partial charge on any atom is -0.451 e. The van der Waals surface area contributed by atoms with Gasteiger partial charge in [0.2, 0.25) is 0 Å². The van der Waals surface area contributed by atoms with Crippen LogP contribution in [0, 0.1) is 51.4 Å². The number of carbonyl (C=O) groups excluding carboxylic acids is 8. The molecule has 88 heavy (non-hydrogen) atoms. The van der Waals surface area contributed by atoms with Gasteiger partial charge in [0.1, 0.15) is 24.2 Å². The molecule has 0 radical (unpaired) electrons. The molecule has 484 valence electrons. The van der Waals surface area contributed by atoms with E-state index < -0.39 is 96.1 Å². The summed E-state index contributed by atoms with van der Waals surface area (Å²) in [6.07, 6.45) is -4.28. The molecule has 8 atom stereocenters. The summed E-state index contributed by atoms with van der Waals surface area (Å²) in [5.74, 6) is -7.40. The van der Waals surface area contributed by atoms with Crippen molar-refractivity contribution in [2.24, 2.45) is 23.7 Å². The molecule has 0 N–H and O–H groups in total. The van der Waals surface area contributed by atoms with Crippen LogP contribution in [0.2, 0.25) is 0 Å². The van der Waals surface area contributed by atoms with Gasteiger partial charge in [-0.15, -0.1) is 0 Å². The number of esters is 4. The van der Waals surface area contributed by atoms with Gasteiger partial charge in [0.05, 0.1) is 24.5 Å². The number of carbonyl (C=O) groups is 8. The standard InChI is InChI=1S/C68H100N8O12/c1-21-53-43(11)69-75(45(53)13)37-51-27-23-49(24-28-51)35-59-63(79)73(19)55(31-39(3)4)65(81)85-48(16)62(78)72(18)58(34-42(9)10)68(84)88-60(36-50-25-29-52(30-26-50)38-76-46(14)54(22-2)44(12)70-76)64(80)74(20)56(32-40(5)6)66(82)86-47(15)61(77)71(17)57(33-41(7)8)67(83)87-59/h23-30,39-42,47-48,55-60H,21-22,31-38H2,1-20H3/t47-,48-,55+,56+,57+,58+,59-,60-/m1/s1. The summed E-state index contributed by atoms with van der Waals surface area (Å²) >= 11 is 0. The van der Waals surface area contributed by atoms with Gasteiger partial charge in [-0.1, -0.05) is 118 Å². The van der Waals surface area contributed by atoms with Crippen molar-refractivity contribution in [3.05, 3.63) is 105 Å². The van der Waals surface area contributed by atoms with E-state index in [1.165, 1.54) is 63.0 Å². The number of amides is 4. The SMILES string of the molecule is CCc1c(C)nn(Cc2ccc(C[C@H]3OC(=O)[C@H](CC(C)C)N(C)C(=O)[C@@H](C)OC(=O)[C@H](CC(C)C)N(C)C(=O)[C@@H](Cc4ccc(Cn5nc(C)c(CC)c5C)cc4)OC(=O)[C@H](CC(C)C)N(C)C(=O)[C@@H](C)OC(=O)[C@H](CC(C)C)N(C)C3=O)cc2)c1C. The van der Waals surface area contributed by atoms with E-state index in [-0.39, 0.29) is 62.2 Å². The third-order valence-electron chi connectivity index (χ3n) is 16.8. The average molecular weight is 1220 g/mol. The molecule has 0 saturated carbocycles. The summed E-state index contributed by atoms with van der Waals surface area (Å²) in [6.45, 7) is 30.9. The predicted octanol–water partition coefficient (Wildman–Crippen LogP) is 8.51. The Hall–Kier alpha value is -7.38. The van der Waals surface area contributed by atoms with E-state index >= 15 is 9.59 Å². The number of aromatic nitrogens is 4. The molecule has 0 aliphatic carbocycles. The van der Waals surface area contributed by atoms with E-state index in [2.05, 4.69) is 13.8 Å². The summed E-state index contributed by atoms with van der Waals surface area (Å²) in [4.78, 5) is 123. The highest BCUT2D eigenvalue weighted by Crippen LogP contribution is 2.26. The smallest absolute Gasteiger partial charge is 0.329 e. The van der Waals surface area contributed by atoms with E-state index in [9.17, 15) is 28.8 Å². The molecule has 4 aromatic rings. The van der Waals surface area contributed by atoms with Crippen LogP contribution in [-0.2, 0) is 96.1 Å². The van der Waals surface area contributed by atoms with Crippen LogP contribution in [0.25, 0.3) is 0 Å². The van der Waals surface area contributed by atoms with Crippen molar-refractivity contribution in [2.75, 3.05) is 28.2 Å². The first-order valence-corrected chi connectivity index (χ1v) is 31.4. The lowest BCUT2D eigenvalue weighted by molar-refractivity contribution is -0.176. The molecule has 1 saturated heterocycles. The number of benzene rings is 2. The van der Waals surface area contributed by atoms with Gasteiger partial charge in [0, 0.05) is 52.4 Å². The first kappa shape index (κ1) is 71.4. The van der Waals surface area contributed by atoms with Crippen LogP contribution in [-0.4, -0.2) is 163 Å². The molecule has 2 aromatic heterocycles. The maximum atomic E-state index is 15.1. The van der Waals surface area contributed by atoms with Crippen molar-refractivity contribution in [3.63, 3.8) is 0 Å². The van der Waals surface area contributed by atoms with Crippen molar-refractivity contribution >= 4 is 47.5 Å². The number of likely N-dealkylation sites (N-methyl/N-ethyl adjacent to an activating group) is 4. The fraction of sp³-hybridized carbons (Fsp3) is 0.618. The summed E-state index contributed by atoms with van der Waals surface area (Å²) in [7, 11) is 5.62. The molecule has 1 aliphatic rings. The van der Waals surface area contributed by atoms with Gasteiger partial charge >= 0.3 is 23.9 Å². The van der Waals surface area contributed by atoms with Gasteiger partial charge in [0.25, 0.3) is 23.6 Å². The molecule has 3 heterocycles. The van der Waals surface area contributed by atoms with E-state index in [0.29, 0.717) is 24.2 Å². The summed E-state index contributed by atoms with van der Waals surface area (Å²) < 4.78 is 28.3. The third-order valence-corrected chi connectivity index (χ3v) is 16.8. The second-order valence-corrected chi connectivity index (χ2v) is 25.7. The number of rotatable bonds is 18. The van der Waals surface area contributed by atoms with Crippen LogP contribution in [0.1, 0.15) is 165 Å². The van der Waals surface area contributed by atoms with E-state index in [4.69, 9.17) is 29.1 Å². The Morgan fingerprint density at radius 3 is 0.898 bits per heavy atom. The van der Waals surface area contributed by atoms with Gasteiger partial charge < -0.3 is 38.5 Å². The Bertz CT molecular complexity index is 2850. The summed E-state index contributed by atoms with van der Waals surface area (Å²) in [5.41, 5.74) is 9.56. The quantitative estimate of drug-likeness (QED) is 0.0673. The molecule has 4 amide bonds. The lowest BCUT2D eigenvalue weighted by Crippen LogP contribution is -2.55. The van der Waals surface area contributed by atoms with E-state index in [1.54, 1.807) is 0 Å². The topological polar surface area (TPSA) is 222 Å². The molecule has 5 rings (SSSR count). The number of hydrogen-bond donors (Lipinski definition) is 0. The Balaban J connectivity index is 1.59. The molecule has 1 aliphatic heterocycles. The molecule has 0 bridgehead atoms. The van der Waals surface area contributed by atoms with Crippen LogP contribution < -0.4 is 0 Å². The fourth-order valence-corrected chi connectivity index (χ4v) is 11.6. The van der Waals surface area contributed by atoms with Crippen LogP contribution in [0.4, 0.5) is 0 Å². The number of aryl methyl sites for hydroxylation is 2.